The van der Waals surface area contributed by atoms with Gasteiger partial charge in [-0.05, 0) is 55.2 Å². The summed E-state index contributed by atoms with van der Waals surface area (Å²) in [6.07, 6.45) is 3.95. The van der Waals surface area contributed by atoms with Gasteiger partial charge in [0.1, 0.15) is 6.04 Å². The topological polar surface area (TPSA) is 51.2 Å². The molecule has 0 amide bonds. The number of carbonyl (C=O) groups is 1. The van der Waals surface area contributed by atoms with Gasteiger partial charge in [-0.1, -0.05) is 54.5 Å². The number of rotatable bonds is 9. The number of nitrogens with zero attached hydrogens (tertiary/aromatic N) is 1. The first kappa shape index (κ1) is 20.6. The van der Waals surface area contributed by atoms with Crippen LogP contribution in [0.5, 0.6) is 0 Å². The minimum atomic E-state index is -0.499. The smallest absolute Gasteiger partial charge is 0.328 e. The Hall–Kier alpha value is -2.11. The van der Waals surface area contributed by atoms with Crippen LogP contribution in [0, 0.1) is 0 Å². The molecule has 1 atom stereocenters. The highest BCUT2D eigenvalue weighted by Crippen LogP contribution is 2.28. The Kier molecular flexibility index (Phi) is 7.29. The van der Waals surface area contributed by atoms with Gasteiger partial charge in [0.2, 0.25) is 0 Å². The molecule has 2 aromatic carbocycles. The van der Waals surface area contributed by atoms with E-state index in [1.807, 2.05) is 31.2 Å². The van der Waals surface area contributed by atoms with E-state index in [0.29, 0.717) is 18.1 Å². The normalized spacial score (nSPS) is 12.1. The van der Waals surface area contributed by atoms with Crippen LogP contribution in [0.2, 0.25) is 5.02 Å². The second kappa shape index (κ2) is 9.89. The number of ether oxygens (including phenoxy) is 1. The van der Waals surface area contributed by atoms with Gasteiger partial charge < -0.3 is 10.1 Å². The van der Waals surface area contributed by atoms with Gasteiger partial charge in [-0.25, -0.2) is 9.78 Å². The average molecular weight is 417 g/mol. The average Bonchev–Trinajstić information content (AvgIpc) is 3.09. The van der Waals surface area contributed by atoms with Gasteiger partial charge in [-0.3, -0.25) is 0 Å². The summed E-state index contributed by atoms with van der Waals surface area (Å²) >= 11 is 7.53. The standard InChI is InChI=1S/C22H25ClN2O2S/c1-3-5-6-15-9-12-18-20(14-15)28-22(24-18)25-19(21(26)27-4-2)13-16-7-10-17(23)11-8-16/h7-12,14,19H,3-6,13H2,1-2H3,(H,24,25). The Bertz CT molecular complexity index is 924. The fourth-order valence-corrected chi connectivity index (χ4v) is 4.12. The first-order valence-electron chi connectivity index (χ1n) is 9.66. The first-order chi connectivity index (χ1) is 13.6. The zero-order valence-corrected chi connectivity index (χ0v) is 17.8. The molecule has 148 valence electrons. The minimum Gasteiger partial charge on any atom is -0.464 e. The lowest BCUT2D eigenvalue weighted by atomic mass is 10.1. The molecule has 1 aromatic heterocycles. The number of halogens is 1. The summed E-state index contributed by atoms with van der Waals surface area (Å²) in [6.45, 7) is 4.36. The predicted octanol–water partition coefficient (Wildman–Crippen LogP) is 5.88. The van der Waals surface area contributed by atoms with Crippen LogP contribution in [0.25, 0.3) is 10.2 Å². The maximum atomic E-state index is 12.5. The van der Waals surface area contributed by atoms with Gasteiger partial charge in [0.15, 0.2) is 5.13 Å². The van der Waals surface area contributed by atoms with Crippen molar-refractivity contribution >= 4 is 44.3 Å². The van der Waals surface area contributed by atoms with Crippen molar-refractivity contribution in [3.05, 3.63) is 58.6 Å². The molecule has 6 heteroatoms. The van der Waals surface area contributed by atoms with Gasteiger partial charge >= 0.3 is 5.97 Å². The summed E-state index contributed by atoms with van der Waals surface area (Å²) in [6, 6.07) is 13.4. The molecule has 0 aliphatic carbocycles. The molecule has 1 heterocycles. The zero-order chi connectivity index (χ0) is 19.9. The molecular weight excluding hydrogens is 392 g/mol. The van der Waals surface area contributed by atoms with Crippen molar-refractivity contribution < 1.29 is 9.53 Å². The van der Waals surface area contributed by atoms with E-state index in [9.17, 15) is 4.79 Å². The molecule has 0 saturated heterocycles. The molecule has 0 fully saturated rings. The van der Waals surface area contributed by atoms with E-state index in [4.69, 9.17) is 16.3 Å². The predicted molar refractivity (Wildman–Crippen MR) is 117 cm³/mol. The minimum absolute atomic E-state index is 0.277. The Morgan fingerprint density at radius 2 is 1.93 bits per heavy atom. The molecule has 3 rings (SSSR count). The van der Waals surface area contributed by atoms with Crippen LogP contribution in [0.1, 0.15) is 37.8 Å². The summed E-state index contributed by atoms with van der Waals surface area (Å²) in [5.41, 5.74) is 3.28. The molecule has 0 saturated carbocycles. The van der Waals surface area contributed by atoms with E-state index >= 15 is 0 Å². The number of anilines is 1. The number of aryl methyl sites for hydroxylation is 1. The number of fused-ring (bicyclic) bond motifs is 1. The largest absolute Gasteiger partial charge is 0.464 e. The van der Waals surface area contributed by atoms with Crippen molar-refractivity contribution in [1.82, 2.24) is 4.98 Å². The molecule has 0 aliphatic rings. The van der Waals surface area contributed by atoms with E-state index in [0.717, 1.165) is 27.3 Å². The van der Waals surface area contributed by atoms with E-state index in [1.54, 1.807) is 11.3 Å². The van der Waals surface area contributed by atoms with Crippen molar-refractivity contribution in [3.8, 4) is 0 Å². The molecule has 28 heavy (non-hydrogen) atoms. The number of unbranched alkanes of at least 4 members (excludes halogenated alkanes) is 1. The quantitative estimate of drug-likeness (QED) is 0.442. The molecule has 0 aliphatic heterocycles. The van der Waals surface area contributed by atoms with Crippen molar-refractivity contribution in [1.29, 1.82) is 0 Å². The van der Waals surface area contributed by atoms with Crippen LogP contribution in [0.4, 0.5) is 5.13 Å². The second-order valence-electron chi connectivity index (χ2n) is 6.70. The van der Waals surface area contributed by atoms with Gasteiger partial charge in [-0.15, -0.1) is 0 Å². The SMILES string of the molecule is CCCCc1ccc2nc(NC(Cc3ccc(Cl)cc3)C(=O)OCC)sc2c1. The Morgan fingerprint density at radius 3 is 2.64 bits per heavy atom. The van der Waals surface area contributed by atoms with Crippen LogP contribution < -0.4 is 5.32 Å². The third-order valence-corrected chi connectivity index (χ3v) is 5.70. The summed E-state index contributed by atoms with van der Waals surface area (Å²) < 4.78 is 6.39. The summed E-state index contributed by atoms with van der Waals surface area (Å²) in [7, 11) is 0. The van der Waals surface area contributed by atoms with E-state index in [2.05, 4.69) is 35.4 Å². The Morgan fingerprint density at radius 1 is 1.18 bits per heavy atom. The van der Waals surface area contributed by atoms with Crippen molar-refractivity contribution in [2.75, 3.05) is 11.9 Å². The summed E-state index contributed by atoms with van der Waals surface area (Å²) in [5, 5.41) is 4.69. The molecule has 0 bridgehead atoms. The molecule has 0 radical (unpaired) electrons. The Balaban J connectivity index is 1.78. The number of nitrogens with one attached hydrogen (secondary N) is 1. The zero-order valence-electron chi connectivity index (χ0n) is 16.2. The van der Waals surface area contributed by atoms with Crippen molar-refractivity contribution in [2.24, 2.45) is 0 Å². The molecule has 0 spiro atoms. The number of thiazole rings is 1. The lowest BCUT2D eigenvalue weighted by Gasteiger charge is -2.16. The molecular formula is C22H25ClN2O2S. The van der Waals surface area contributed by atoms with Crippen LogP contribution in [0.15, 0.2) is 42.5 Å². The third-order valence-electron chi connectivity index (χ3n) is 4.49. The van der Waals surface area contributed by atoms with E-state index in [-0.39, 0.29) is 5.97 Å². The van der Waals surface area contributed by atoms with Gasteiger partial charge in [0.25, 0.3) is 0 Å². The maximum absolute atomic E-state index is 12.5. The summed E-state index contributed by atoms with van der Waals surface area (Å²) in [5.74, 6) is -0.277. The molecule has 1 unspecified atom stereocenters. The van der Waals surface area contributed by atoms with Crippen LogP contribution in [-0.2, 0) is 22.4 Å². The van der Waals surface area contributed by atoms with Crippen LogP contribution in [-0.4, -0.2) is 23.6 Å². The molecule has 3 aromatic rings. The highest BCUT2D eigenvalue weighted by atomic mass is 35.5. The van der Waals surface area contributed by atoms with Gasteiger partial charge in [-0.2, -0.15) is 0 Å². The lowest BCUT2D eigenvalue weighted by Crippen LogP contribution is -2.33. The summed E-state index contributed by atoms with van der Waals surface area (Å²) in [4.78, 5) is 17.1. The molecule has 4 nitrogen and oxygen atoms in total. The fraction of sp³-hybridized carbons (Fsp3) is 0.364. The first-order valence-corrected chi connectivity index (χ1v) is 10.9. The monoisotopic (exact) mass is 416 g/mol. The van der Waals surface area contributed by atoms with E-state index in [1.165, 1.54) is 18.4 Å². The second-order valence-corrected chi connectivity index (χ2v) is 8.17. The van der Waals surface area contributed by atoms with Gasteiger partial charge in [0, 0.05) is 11.4 Å². The van der Waals surface area contributed by atoms with Crippen molar-refractivity contribution in [3.63, 3.8) is 0 Å². The van der Waals surface area contributed by atoms with Crippen LogP contribution >= 0.6 is 22.9 Å². The number of esters is 1. The fourth-order valence-electron chi connectivity index (χ4n) is 3.01. The number of carbonyl (C=O) groups excluding carboxylic acids is 1. The maximum Gasteiger partial charge on any atom is 0.328 e. The highest BCUT2D eigenvalue weighted by Gasteiger charge is 2.22. The van der Waals surface area contributed by atoms with Crippen molar-refractivity contribution in [2.45, 2.75) is 45.6 Å². The number of benzene rings is 2. The number of hydrogen-bond donors (Lipinski definition) is 1. The lowest BCUT2D eigenvalue weighted by molar-refractivity contribution is -0.144. The van der Waals surface area contributed by atoms with Gasteiger partial charge in [0.05, 0.1) is 16.8 Å². The highest BCUT2D eigenvalue weighted by molar-refractivity contribution is 7.22. The van der Waals surface area contributed by atoms with Crippen LogP contribution in [0.3, 0.4) is 0 Å². The Labute approximate surface area is 174 Å². The number of hydrogen-bond acceptors (Lipinski definition) is 5. The molecule has 1 N–H and O–H groups in total. The van der Waals surface area contributed by atoms with E-state index < -0.39 is 6.04 Å². The number of aromatic nitrogens is 1. The third kappa shape index (κ3) is 5.46.